The summed E-state index contributed by atoms with van der Waals surface area (Å²) >= 11 is 0. The molecule has 2 aromatic rings. The maximum Gasteiger partial charge on any atom is 0.254 e. The van der Waals surface area contributed by atoms with E-state index in [1.54, 1.807) is 0 Å². The highest BCUT2D eigenvalue weighted by Gasteiger charge is 2.43. The second-order valence-corrected chi connectivity index (χ2v) is 8.14. The average Bonchev–Trinajstić information content (AvgIpc) is 2.70. The van der Waals surface area contributed by atoms with Gasteiger partial charge in [0, 0.05) is 38.9 Å². The van der Waals surface area contributed by atoms with Crippen LogP contribution in [0.1, 0.15) is 45.6 Å². The summed E-state index contributed by atoms with van der Waals surface area (Å²) in [6.07, 6.45) is 4.31. The third kappa shape index (κ3) is 3.26. The molecule has 148 valence electrons. The number of likely N-dealkylation sites (tertiary alicyclic amines) is 1. The smallest absolute Gasteiger partial charge is 0.254 e. The number of aromatic nitrogens is 2. The second-order valence-electron chi connectivity index (χ2n) is 8.14. The summed E-state index contributed by atoms with van der Waals surface area (Å²) in [5.41, 5.74) is 4.72. The van der Waals surface area contributed by atoms with Crippen molar-refractivity contribution in [1.29, 1.82) is 0 Å². The van der Waals surface area contributed by atoms with Gasteiger partial charge in [-0.1, -0.05) is 17.7 Å². The summed E-state index contributed by atoms with van der Waals surface area (Å²) in [4.78, 5) is 26.3. The molecule has 0 unspecified atom stereocenters. The molecule has 1 spiro atoms. The Bertz CT molecular complexity index is 901. The number of nitrogens with zero attached hydrogens (tertiary/aromatic N) is 4. The van der Waals surface area contributed by atoms with E-state index in [-0.39, 0.29) is 5.91 Å². The Morgan fingerprint density at radius 3 is 2.68 bits per heavy atom. The van der Waals surface area contributed by atoms with Crippen molar-refractivity contribution in [3.8, 4) is 0 Å². The van der Waals surface area contributed by atoms with E-state index in [1.807, 2.05) is 62.1 Å². The van der Waals surface area contributed by atoms with Crippen molar-refractivity contribution >= 4 is 11.9 Å². The van der Waals surface area contributed by atoms with Crippen molar-refractivity contribution in [1.82, 2.24) is 14.9 Å². The normalized spacial score (nSPS) is 18.1. The highest BCUT2D eigenvalue weighted by Crippen LogP contribution is 2.41. The van der Waals surface area contributed by atoms with Gasteiger partial charge in [0.2, 0.25) is 5.95 Å². The lowest BCUT2D eigenvalue weighted by atomic mass is 9.83. The van der Waals surface area contributed by atoms with Crippen LogP contribution in [0, 0.1) is 13.8 Å². The van der Waals surface area contributed by atoms with Crippen molar-refractivity contribution in [2.75, 3.05) is 38.7 Å². The van der Waals surface area contributed by atoms with E-state index in [9.17, 15) is 4.79 Å². The SMILES string of the molecule is Cc1ccc(C)c(C(=O)N2CCC3(CC2)OCCc2cnc(N(C)C)nc23)c1. The van der Waals surface area contributed by atoms with Gasteiger partial charge in [-0.05, 0) is 50.3 Å². The van der Waals surface area contributed by atoms with Gasteiger partial charge in [-0.3, -0.25) is 4.79 Å². The molecule has 0 N–H and O–H groups in total. The topological polar surface area (TPSA) is 58.6 Å². The minimum absolute atomic E-state index is 0.115. The van der Waals surface area contributed by atoms with E-state index in [4.69, 9.17) is 9.72 Å². The lowest BCUT2D eigenvalue weighted by molar-refractivity contribution is -0.0967. The molecule has 0 bridgehead atoms. The number of ether oxygens (including phenoxy) is 1. The van der Waals surface area contributed by atoms with Crippen LogP contribution in [0.5, 0.6) is 0 Å². The van der Waals surface area contributed by atoms with Gasteiger partial charge in [-0.2, -0.15) is 0 Å². The number of hydrogen-bond donors (Lipinski definition) is 0. The summed E-state index contributed by atoms with van der Waals surface area (Å²) in [6.45, 7) is 6.05. The van der Waals surface area contributed by atoms with E-state index in [0.29, 0.717) is 25.6 Å². The van der Waals surface area contributed by atoms with E-state index in [0.717, 1.165) is 41.6 Å². The first-order valence-electron chi connectivity index (χ1n) is 9.94. The summed E-state index contributed by atoms with van der Waals surface area (Å²) in [6, 6.07) is 6.06. The number of aryl methyl sites for hydroxylation is 2. The van der Waals surface area contributed by atoms with E-state index in [1.165, 1.54) is 5.56 Å². The number of carbonyl (C=O) groups is 1. The van der Waals surface area contributed by atoms with Gasteiger partial charge >= 0.3 is 0 Å². The van der Waals surface area contributed by atoms with Crippen molar-refractivity contribution in [3.63, 3.8) is 0 Å². The number of hydrogen-bond acceptors (Lipinski definition) is 5. The van der Waals surface area contributed by atoms with Crippen molar-refractivity contribution in [2.24, 2.45) is 0 Å². The number of fused-ring (bicyclic) bond motifs is 2. The number of anilines is 1. The molecule has 1 saturated heterocycles. The number of amides is 1. The van der Waals surface area contributed by atoms with Crippen LogP contribution in [0.4, 0.5) is 5.95 Å². The fourth-order valence-electron chi connectivity index (χ4n) is 4.20. The average molecular weight is 380 g/mol. The first-order valence-corrected chi connectivity index (χ1v) is 9.94. The zero-order valence-corrected chi connectivity index (χ0v) is 17.2. The van der Waals surface area contributed by atoms with Crippen molar-refractivity contribution in [2.45, 2.75) is 38.7 Å². The third-order valence-electron chi connectivity index (χ3n) is 5.91. The number of carbonyl (C=O) groups excluding carboxylic acids is 1. The van der Waals surface area contributed by atoms with Gasteiger partial charge in [0.25, 0.3) is 5.91 Å². The quantitative estimate of drug-likeness (QED) is 0.802. The molecule has 6 nitrogen and oxygen atoms in total. The number of piperidine rings is 1. The summed E-state index contributed by atoms with van der Waals surface area (Å²) in [7, 11) is 3.90. The van der Waals surface area contributed by atoms with Gasteiger partial charge in [-0.25, -0.2) is 9.97 Å². The first kappa shape index (κ1) is 18.9. The Morgan fingerprint density at radius 2 is 1.96 bits per heavy atom. The van der Waals surface area contributed by atoms with Crippen LogP contribution < -0.4 is 4.90 Å². The number of rotatable bonds is 2. The predicted molar refractivity (Wildman–Crippen MR) is 109 cm³/mol. The summed E-state index contributed by atoms with van der Waals surface area (Å²) < 4.78 is 6.30. The van der Waals surface area contributed by atoms with Crippen LogP contribution in [0.25, 0.3) is 0 Å². The third-order valence-corrected chi connectivity index (χ3v) is 5.91. The van der Waals surface area contributed by atoms with Crippen LogP contribution in [-0.4, -0.2) is 54.6 Å². The molecular weight excluding hydrogens is 352 g/mol. The summed E-state index contributed by atoms with van der Waals surface area (Å²) in [5.74, 6) is 0.821. The summed E-state index contributed by atoms with van der Waals surface area (Å²) in [5, 5.41) is 0. The molecule has 0 atom stereocenters. The highest BCUT2D eigenvalue weighted by molar-refractivity contribution is 5.95. The molecule has 28 heavy (non-hydrogen) atoms. The largest absolute Gasteiger partial charge is 0.368 e. The van der Waals surface area contributed by atoms with Gasteiger partial charge in [0.1, 0.15) is 5.60 Å². The number of benzene rings is 1. The first-order chi connectivity index (χ1) is 13.4. The second kappa shape index (κ2) is 7.17. The lowest BCUT2D eigenvalue weighted by Crippen LogP contribution is -2.49. The Kier molecular flexibility index (Phi) is 4.83. The zero-order chi connectivity index (χ0) is 19.9. The molecule has 0 aliphatic carbocycles. The van der Waals surface area contributed by atoms with Crippen molar-refractivity contribution < 1.29 is 9.53 Å². The Morgan fingerprint density at radius 1 is 1.21 bits per heavy atom. The van der Waals surface area contributed by atoms with Gasteiger partial charge < -0.3 is 14.5 Å². The zero-order valence-electron chi connectivity index (χ0n) is 17.2. The van der Waals surface area contributed by atoms with Crippen molar-refractivity contribution in [3.05, 3.63) is 52.3 Å². The Hall–Kier alpha value is -2.47. The van der Waals surface area contributed by atoms with Gasteiger partial charge in [-0.15, -0.1) is 0 Å². The van der Waals surface area contributed by atoms with Crippen LogP contribution in [0.3, 0.4) is 0 Å². The van der Waals surface area contributed by atoms with Crippen LogP contribution in [0.2, 0.25) is 0 Å². The van der Waals surface area contributed by atoms with E-state index >= 15 is 0 Å². The molecule has 3 heterocycles. The maximum atomic E-state index is 13.1. The van der Waals surface area contributed by atoms with Gasteiger partial charge in [0.15, 0.2) is 0 Å². The minimum atomic E-state index is -0.403. The molecule has 1 amide bonds. The van der Waals surface area contributed by atoms with E-state index < -0.39 is 5.60 Å². The minimum Gasteiger partial charge on any atom is -0.368 e. The fraction of sp³-hybridized carbons (Fsp3) is 0.500. The molecular formula is C22H28N4O2. The molecule has 4 rings (SSSR count). The molecule has 1 aromatic carbocycles. The maximum absolute atomic E-state index is 13.1. The lowest BCUT2D eigenvalue weighted by Gasteiger charge is -2.44. The fourth-order valence-corrected chi connectivity index (χ4v) is 4.20. The molecule has 2 aliphatic rings. The van der Waals surface area contributed by atoms with E-state index in [2.05, 4.69) is 4.98 Å². The molecule has 0 saturated carbocycles. The molecule has 2 aliphatic heterocycles. The monoisotopic (exact) mass is 380 g/mol. The van der Waals surface area contributed by atoms with Crippen LogP contribution >= 0.6 is 0 Å². The predicted octanol–water partition coefficient (Wildman–Crippen LogP) is 2.86. The van der Waals surface area contributed by atoms with Gasteiger partial charge in [0.05, 0.1) is 12.3 Å². The van der Waals surface area contributed by atoms with Crippen LogP contribution in [0.15, 0.2) is 24.4 Å². The molecule has 0 radical (unpaired) electrons. The molecule has 1 aromatic heterocycles. The molecule has 6 heteroatoms. The van der Waals surface area contributed by atoms with Crippen LogP contribution in [-0.2, 0) is 16.8 Å². The Balaban J connectivity index is 1.57. The standard InChI is InChI=1S/C22H28N4O2/c1-15-5-6-16(2)18(13-15)20(27)26-10-8-22(9-11-26)19-17(7-12-28-22)14-23-21(24-19)25(3)4/h5-6,13-14H,7-12H2,1-4H3. The Labute approximate surface area is 166 Å². The highest BCUT2D eigenvalue weighted by atomic mass is 16.5. The molecule has 1 fully saturated rings.